The summed E-state index contributed by atoms with van der Waals surface area (Å²) in [7, 11) is 1.60. The second-order valence-electron chi connectivity index (χ2n) is 8.01. The Morgan fingerprint density at radius 2 is 1.94 bits per heavy atom. The molecule has 3 aromatic rings. The average Bonchev–Trinajstić information content (AvgIpc) is 3.17. The molecule has 0 bridgehead atoms. The molecule has 1 saturated heterocycles. The molecule has 2 aromatic carbocycles. The summed E-state index contributed by atoms with van der Waals surface area (Å²) < 4.78 is 7.70. The molecule has 5 rings (SSSR count). The minimum Gasteiger partial charge on any atom is -0.497 e. The molecule has 1 atom stereocenters. The molecule has 1 unspecified atom stereocenters. The van der Waals surface area contributed by atoms with Gasteiger partial charge in [-0.25, -0.2) is 4.90 Å². The van der Waals surface area contributed by atoms with Crippen LogP contribution in [-0.4, -0.2) is 69.8 Å². The molecule has 34 heavy (non-hydrogen) atoms. The number of carbonyl (C=O) groups excluding carboxylic acids is 2. The molecule has 3 amide bonds. The molecule has 0 saturated carbocycles. The number of hydrogen-bond acceptors (Lipinski definition) is 4. The Hall–Kier alpha value is -3.23. The van der Waals surface area contributed by atoms with E-state index in [1.165, 1.54) is 0 Å². The molecule has 9 heteroatoms. The number of nitrogens with zero attached hydrogens (tertiary/aromatic N) is 4. The van der Waals surface area contributed by atoms with E-state index in [9.17, 15) is 9.59 Å². The van der Waals surface area contributed by atoms with Crippen molar-refractivity contribution >= 4 is 50.9 Å². The highest BCUT2D eigenvalue weighted by Crippen LogP contribution is 2.30. The van der Waals surface area contributed by atoms with Crippen LogP contribution in [0.3, 0.4) is 0 Å². The van der Waals surface area contributed by atoms with Crippen LogP contribution >= 0.6 is 27.5 Å². The van der Waals surface area contributed by atoms with Gasteiger partial charge in [-0.05, 0) is 70.5 Å². The van der Waals surface area contributed by atoms with Crippen molar-refractivity contribution in [3.63, 3.8) is 0 Å². The molecular weight excluding hydrogens is 520 g/mol. The summed E-state index contributed by atoms with van der Waals surface area (Å²) in [5.74, 6) is 0.585. The molecule has 1 fully saturated rings. The minimum atomic E-state index is -0.326. The van der Waals surface area contributed by atoms with Gasteiger partial charge < -0.3 is 9.64 Å². The predicted molar refractivity (Wildman–Crippen MR) is 132 cm³/mol. The maximum atomic E-state index is 13.6. The van der Waals surface area contributed by atoms with Crippen LogP contribution in [0.1, 0.15) is 16.1 Å². The van der Waals surface area contributed by atoms with Gasteiger partial charge >= 0.3 is 6.03 Å². The van der Waals surface area contributed by atoms with Crippen molar-refractivity contribution < 1.29 is 18.9 Å². The second kappa shape index (κ2) is 9.19. The highest BCUT2D eigenvalue weighted by molar-refractivity contribution is 9.10. The Morgan fingerprint density at radius 1 is 1.15 bits per heavy atom. The van der Waals surface area contributed by atoms with E-state index in [1.54, 1.807) is 41.0 Å². The summed E-state index contributed by atoms with van der Waals surface area (Å²) >= 11 is 9.58. The molecule has 0 spiro atoms. The van der Waals surface area contributed by atoms with Crippen molar-refractivity contribution in [2.75, 3.05) is 26.7 Å². The first-order valence-corrected chi connectivity index (χ1v) is 11.9. The molecule has 172 valence electrons. The number of rotatable bonds is 4. The highest BCUT2D eigenvalue weighted by Gasteiger charge is 2.52. The number of piperazine rings is 1. The van der Waals surface area contributed by atoms with Gasteiger partial charge in [-0.3, -0.25) is 9.78 Å². The fourth-order valence-electron chi connectivity index (χ4n) is 4.40. The van der Waals surface area contributed by atoms with Crippen LogP contribution < -0.4 is 4.74 Å². The number of ether oxygens (including phenoxy) is 1. The fourth-order valence-corrected chi connectivity index (χ4v) is 4.83. The summed E-state index contributed by atoms with van der Waals surface area (Å²) in [4.78, 5) is 35.0. The third-order valence-electron chi connectivity index (χ3n) is 6.09. The normalized spacial score (nSPS) is 17.7. The lowest BCUT2D eigenvalue weighted by molar-refractivity contribution is -0.331. The molecular formula is C25H21BrClN4O3+. The topological polar surface area (TPSA) is 65.8 Å². The van der Waals surface area contributed by atoms with E-state index in [0.29, 0.717) is 41.7 Å². The Bertz CT molecular complexity index is 1300. The quantitative estimate of drug-likeness (QED) is 0.454. The van der Waals surface area contributed by atoms with Gasteiger partial charge in [0.1, 0.15) is 23.7 Å². The summed E-state index contributed by atoms with van der Waals surface area (Å²) in [5, 5.41) is 0.479. The van der Waals surface area contributed by atoms with Crippen LogP contribution in [0, 0.1) is 0 Å². The lowest BCUT2D eigenvalue weighted by atomic mass is 10.0. The minimum absolute atomic E-state index is 0.121. The van der Waals surface area contributed by atoms with Gasteiger partial charge in [0.15, 0.2) is 11.8 Å². The molecule has 0 N–H and O–H groups in total. The van der Waals surface area contributed by atoms with Crippen LogP contribution in [0.5, 0.6) is 5.75 Å². The number of pyridine rings is 1. The van der Waals surface area contributed by atoms with E-state index >= 15 is 0 Å². The zero-order chi connectivity index (χ0) is 23.8. The molecule has 7 nitrogen and oxygen atoms in total. The first kappa shape index (κ1) is 22.6. The number of urea groups is 1. The van der Waals surface area contributed by atoms with Crippen molar-refractivity contribution in [3.8, 4) is 5.75 Å². The second-order valence-corrected chi connectivity index (χ2v) is 9.27. The number of aromatic nitrogens is 1. The SMILES string of the molecule is COc1ccc([N+]2=C(c3ccccn3)C3CN(C(=O)c4ccc(Br)c(Cl)c4)CCN3C2=O)cc1. The third-order valence-corrected chi connectivity index (χ3v) is 7.32. The van der Waals surface area contributed by atoms with Crippen molar-refractivity contribution in [2.45, 2.75) is 6.04 Å². The van der Waals surface area contributed by atoms with Crippen molar-refractivity contribution in [3.05, 3.63) is 87.6 Å². The summed E-state index contributed by atoms with van der Waals surface area (Å²) in [5.41, 5.74) is 2.68. The van der Waals surface area contributed by atoms with E-state index in [4.69, 9.17) is 16.3 Å². The third kappa shape index (κ3) is 3.97. The molecule has 2 aliphatic heterocycles. The fraction of sp³-hybridized carbons (Fsp3) is 0.200. The predicted octanol–water partition coefficient (Wildman–Crippen LogP) is 4.60. The molecule has 2 aliphatic rings. The van der Waals surface area contributed by atoms with Crippen molar-refractivity contribution in [2.24, 2.45) is 0 Å². The maximum Gasteiger partial charge on any atom is 0.499 e. The maximum absolute atomic E-state index is 13.6. The van der Waals surface area contributed by atoms with Gasteiger partial charge in [0, 0.05) is 16.2 Å². The Kier molecular flexibility index (Phi) is 6.10. The van der Waals surface area contributed by atoms with Gasteiger partial charge in [-0.15, -0.1) is 0 Å². The number of hydrogen-bond donors (Lipinski definition) is 0. The zero-order valence-electron chi connectivity index (χ0n) is 18.3. The Balaban J connectivity index is 1.54. The van der Waals surface area contributed by atoms with Gasteiger partial charge in [-0.2, -0.15) is 9.37 Å². The lowest BCUT2D eigenvalue weighted by Gasteiger charge is -2.32. The molecule has 0 aliphatic carbocycles. The number of fused-ring (bicyclic) bond motifs is 1. The Labute approximate surface area is 210 Å². The van der Waals surface area contributed by atoms with E-state index in [1.807, 2.05) is 47.4 Å². The van der Waals surface area contributed by atoms with Crippen LogP contribution in [0.2, 0.25) is 5.02 Å². The van der Waals surface area contributed by atoms with Gasteiger partial charge in [0.2, 0.25) is 0 Å². The van der Waals surface area contributed by atoms with Crippen molar-refractivity contribution in [1.82, 2.24) is 14.8 Å². The largest absolute Gasteiger partial charge is 0.499 e. The van der Waals surface area contributed by atoms with Crippen LogP contribution in [0.4, 0.5) is 10.5 Å². The Morgan fingerprint density at radius 3 is 2.62 bits per heavy atom. The molecule has 3 heterocycles. The van der Waals surface area contributed by atoms with Gasteiger partial charge in [0.05, 0.1) is 25.2 Å². The summed E-state index contributed by atoms with van der Waals surface area (Å²) in [6.45, 7) is 1.21. The van der Waals surface area contributed by atoms with E-state index in [0.717, 1.165) is 15.9 Å². The van der Waals surface area contributed by atoms with E-state index in [2.05, 4.69) is 20.9 Å². The monoisotopic (exact) mass is 539 g/mol. The highest BCUT2D eigenvalue weighted by atomic mass is 79.9. The van der Waals surface area contributed by atoms with Crippen LogP contribution in [-0.2, 0) is 0 Å². The number of benzene rings is 2. The average molecular weight is 541 g/mol. The van der Waals surface area contributed by atoms with E-state index < -0.39 is 0 Å². The molecule has 0 radical (unpaired) electrons. The number of carbonyl (C=O) groups is 2. The zero-order valence-corrected chi connectivity index (χ0v) is 20.7. The summed E-state index contributed by atoms with van der Waals surface area (Å²) in [6, 6.07) is 17.7. The smallest absolute Gasteiger partial charge is 0.497 e. The number of amides is 3. The first-order chi connectivity index (χ1) is 16.5. The lowest BCUT2D eigenvalue weighted by Crippen LogP contribution is -2.56. The first-order valence-electron chi connectivity index (χ1n) is 10.8. The van der Waals surface area contributed by atoms with Gasteiger partial charge in [-0.1, -0.05) is 17.7 Å². The van der Waals surface area contributed by atoms with E-state index in [-0.39, 0.29) is 18.0 Å². The van der Waals surface area contributed by atoms with Gasteiger partial charge in [0.25, 0.3) is 5.91 Å². The molecule has 1 aromatic heterocycles. The number of methoxy groups -OCH3 is 1. The standard InChI is InChI=1S/C25H21BrClN4O3/c1-34-18-8-6-17(7-9-18)31-23(21-4-2-3-11-28-21)22-15-29(12-13-30(22)25(31)33)24(32)16-5-10-19(26)20(27)14-16/h2-11,14,22H,12-13,15H2,1H3/q+1. The van der Waals surface area contributed by atoms with Crippen LogP contribution in [0.15, 0.2) is 71.3 Å². The number of halogens is 2. The van der Waals surface area contributed by atoms with Crippen molar-refractivity contribution in [1.29, 1.82) is 0 Å². The van der Waals surface area contributed by atoms with Crippen LogP contribution in [0.25, 0.3) is 0 Å². The summed E-state index contributed by atoms with van der Waals surface area (Å²) in [6.07, 6.45) is 1.71.